The van der Waals surface area contributed by atoms with Gasteiger partial charge in [-0.2, -0.15) is 0 Å². The Hall–Kier alpha value is -2.89. The zero-order chi connectivity index (χ0) is 18.1. The number of likely N-dealkylation sites (N-methyl/N-ethyl adjacent to an activating group) is 1. The number of pyridine rings is 1. The van der Waals surface area contributed by atoms with Crippen molar-refractivity contribution in [1.29, 1.82) is 0 Å². The molecule has 1 aromatic carbocycles. The van der Waals surface area contributed by atoms with Crippen LogP contribution in [0, 0.1) is 0 Å². The molecule has 0 fully saturated rings. The largest absolute Gasteiger partial charge is 0.473 e. The summed E-state index contributed by atoms with van der Waals surface area (Å²) in [4.78, 5) is 29.8. The fourth-order valence-corrected chi connectivity index (χ4v) is 2.28. The van der Waals surface area contributed by atoms with Gasteiger partial charge in [0.2, 0.25) is 11.8 Å². The number of aromatic nitrogens is 1. The van der Waals surface area contributed by atoms with E-state index < -0.39 is 0 Å². The van der Waals surface area contributed by atoms with Gasteiger partial charge in [-0.1, -0.05) is 37.3 Å². The van der Waals surface area contributed by atoms with Crippen LogP contribution in [0.25, 0.3) is 0 Å². The molecule has 0 spiro atoms. The van der Waals surface area contributed by atoms with E-state index in [4.69, 9.17) is 4.74 Å². The smallest absolute Gasteiger partial charge is 0.255 e. The van der Waals surface area contributed by atoms with E-state index in [1.54, 1.807) is 19.2 Å². The van der Waals surface area contributed by atoms with Gasteiger partial charge in [-0.3, -0.25) is 9.59 Å². The first-order valence-corrected chi connectivity index (χ1v) is 8.26. The average molecular weight is 341 g/mol. The summed E-state index contributed by atoms with van der Waals surface area (Å²) in [6.45, 7) is 2.93. The molecule has 25 heavy (non-hydrogen) atoms. The van der Waals surface area contributed by atoms with Crippen LogP contribution in [0.1, 0.15) is 29.3 Å². The lowest BCUT2D eigenvalue weighted by Gasteiger charge is -2.21. The molecule has 1 heterocycles. The van der Waals surface area contributed by atoms with Crippen molar-refractivity contribution in [3.05, 3.63) is 59.8 Å². The molecule has 132 valence electrons. The summed E-state index contributed by atoms with van der Waals surface area (Å²) in [5.41, 5.74) is 1.48. The molecule has 2 rings (SSSR count). The number of carbonyl (C=O) groups is 2. The lowest BCUT2D eigenvalue weighted by molar-refractivity contribution is -0.121. The van der Waals surface area contributed by atoms with E-state index in [1.807, 2.05) is 37.3 Å². The predicted molar refractivity (Wildman–Crippen MR) is 95.3 cm³/mol. The van der Waals surface area contributed by atoms with Crippen molar-refractivity contribution in [3.63, 3.8) is 0 Å². The number of nitrogens with one attached hydrogen (secondary N) is 1. The Morgan fingerprint density at radius 3 is 2.52 bits per heavy atom. The zero-order valence-electron chi connectivity index (χ0n) is 14.6. The molecule has 6 nitrogen and oxygen atoms in total. The molecule has 0 saturated heterocycles. The quantitative estimate of drug-likeness (QED) is 0.799. The topological polar surface area (TPSA) is 71.5 Å². The van der Waals surface area contributed by atoms with Crippen molar-refractivity contribution < 1.29 is 14.3 Å². The highest BCUT2D eigenvalue weighted by atomic mass is 16.5. The average Bonchev–Trinajstić information content (AvgIpc) is 2.66. The van der Waals surface area contributed by atoms with Crippen LogP contribution in [0.3, 0.4) is 0 Å². The van der Waals surface area contributed by atoms with Crippen LogP contribution in [0.15, 0.2) is 48.7 Å². The van der Waals surface area contributed by atoms with E-state index in [0.717, 1.165) is 12.0 Å². The molecule has 0 unspecified atom stereocenters. The number of nitrogens with zero attached hydrogens (tertiary/aromatic N) is 2. The van der Waals surface area contributed by atoms with Gasteiger partial charge >= 0.3 is 0 Å². The maximum atomic E-state index is 12.5. The second-order valence-electron chi connectivity index (χ2n) is 5.56. The number of hydrogen-bond donors (Lipinski definition) is 1. The first kappa shape index (κ1) is 18.4. The zero-order valence-corrected chi connectivity index (χ0v) is 14.6. The maximum absolute atomic E-state index is 12.5. The van der Waals surface area contributed by atoms with Crippen LogP contribution >= 0.6 is 0 Å². The standard InChI is InChI=1S/C19H23N3O3/c1-3-11-22(13-17(23)20-2)19(24)16-9-10-18(21-12-16)25-14-15-7-5-4-6-8-15/h4-10,12H,3,11,13-14H2,1-2H3,(H,20,23). The van der Waals surface area contributed by atoms with Crippen LogP contribution in [-0.4, -0.2) is 41.8 Å². The summed E-state index contributed by atoms with van der Waals surface area (Å²) in [6.07, 6.45) is 2.25. The van der Waals surface area contributed by atoms with E-state index in [1.165, 1.54) is 11.1 Å². The third-order valence-electron chi connectivity index (χ3n) is 3.61. The molecule has 2 aromatic rings. The van der Waals surface area contributed by atoms with Gasteiger partial charge in [0.15, 0.2) is 0 Å². The molecule has 0 aliphatic carbocycles. The van der Waals surface area contributed by atoms with E-state index in [0.29, 0.717) is 24.6 Å². The van der Waals surface area contributed by atoms with Gasteiger partial charge < -0.3 is 15.0 Å². The predicted octanol–water partition coefficient (Wildman–Crippen LogP) is 2.26. The van der Waals surface area contributed by atoms with Crippen LogP contribution in [0.2, 0.25) is 0 Å². The summed E-state index contributed by atoms with van der Waals surface area (Å²) in [5.74, 6) is 0.0406. The van der Waals surface area contributed by atoms with Crippen LogP contribution < -0.4 is 10.1 Å². The van der Waals surface area contributed by atoms with Crippen LogP contribution in [0.4, 0.5) is 0 Å². The van der Waals surface area contributed by atoms with E-state index in [9.17, 15) is 9.59 Å². The van der Waals surface area contributed by atoms with Crippen LogP contribution in [0.5, 0.6) is 5.88 Å². The molecule has 0 aliphatic heterocycles. The first-order chi connectivity index (χ1) is 12.1. The minimum atomic E-state index is -0.215. The summed E-state index contributed by atoms with van der Waals surface area (Å²) < 4.78 is 5.62. The van der Waals surface area contributed by atoms with Gasteiger partial charge in [-0.15, -0.1) is 0 Å². The Bertz CT molecular complexity index is 687. The fraction of sp³-hybridized carbons (Fsp3) is 0.316. The van der Waals surface area contributed by atoms with Gasteiger partial charge in [0.1, 0.15) is 6.61 Å². The normalized spacial score (nSPS) is 10.2. The van der Waals surface area contributed by atoms with Gasteiger partial charge in [0.05, 0.1) is 12.1 Å². The molecule has 0 aliphatic rings. The fourth-order valence-electron chi connectivity index (χ4n) is 2.28. The molecule has 0 bridgehead atoms. The molecular weight excluding hydrogens is 318 g/mol. The van der Waals surface area contributed by atoms with Crippen molar-refractivity contribution in [2.24, 2.45) is 0 Å². The monoisotopic (exact) mass is 341 g/mol. The molecule has 0 saturated carbocycles. The van der Waals surface area contributed by atoms with E-state index in [2.05, 4.69) is 10.3 Å². The Labute approximate surface area is 147 Å². The highest BCUT2D eigenvalue weighted by Crippen LogP contribution is 2.12. The van der Waals surface area contributed by atoms with Crippen molar-refractivity contribution in [2.45, 2.75) is 20.0 Å². The third kappa shape index (κ3) is 5.60. The Kier molecular flexibility index (Phi) is 6.95. The molecule has 6 heteroatoms. The molecule has 1 aromatic heterocycles. The summed E-state index contributed by atoms with van der Waals surface area (Å²) in [7, 11) is 1.55. The Morgan fingerprint density at radius 1 is 1.16 bits per heavy atom. The van der Waals surface area contributed by atoms with E-state index in [-0.39, 0.29) is 18.4 Å². The van der Waals surface area contributed by atoms with Crippen molar-refractivity contribution in [1.82, 2.24) is 15.2 Å². The van der Waals surface area contributed by atoms with Crippen molar-refractivity contribution in [3.8, 4) is 5.88 Å². The van der Waals surface area contributed by atoms with Gasteiger partial charge in [-0.25, -0.2) is 4.98 Å². The number of ether oxygens (including phenoxy) is 1. The minimum Gasteiger partial charge on any atom is -0.473 e. The Morgan fingerprint density at radius 2 is 1.92 bits per heavy atom. The molecule has 0 radical (unpaired) electrons. The van der Waals surface area contributed by atoms with Gasteiger partial charge in [-0.05, 0) is 18.1 Å². The SMILES string of the molecule is CCCN(CC(=O)NC)C(=O)c1ccc(OCc2ccccc2)nc1. The first-order valence-electron chi connectivity index (χ1n) is 8.26. The van der Waals surface area contributed by atoms with Gasteiger partial charge in [0.25, 0.3) is 5.91 Å². The Balaban J connectivity index is 1.99. The van der Waals surface area contributed by atoms with Crippen LogP contribution in [-0.2, 0) is 11.4 Å². The lowest BCUT2D eigenvalue weighted by Crippen LogP contribution is -2.40. The number of amides is 2. The van der Waals surface area contributed by atoms with Crippen molar-refractivity contribution >= 4 is 11.8 Å². The van der Waals surface area contributed by atoms with E-state index >= 15 is 0 Å². The molecule has 2 amide bonds. The number of hydrogen-bond acceptors (Lipinski definition) is 4. The second-order valence-corrected chi connectivity index (χ2v) is 5.56. The number of benzene rings is 1. The number of rotatable bonds is 8. The molecule has 0 atom stereocenters. The molecular formula is C19H23N3O3. The highest BCUT2D eigenvalue weighted by Gasteiger charge is 2.18. The van der Waals surface area contributed by atoms with Crippen molar-refractivity contribution in [2.75, 3.05) is 20.1 Å². The second kappa shape index (κ2) is 9.42. The molecule has 1 N–H and O–H groups in total. The highest BCUT2D eigenvalue weighted by molar-refractivity contribution is 5.96. The maximum Gasteiger partial charge on any atom is 0.255 e. The number of carbonyl (C=O) groups excluding carboxylic acids is 2. The van der Waals surface area contributed by atoms with Gasteiger partial charge in [0, 0.05) is 25.9 Å². The summed E-state index contributed by atoms with van der Waals surface area (Å²) in [5, 5.41) is 2.53. The lowest BCUT2D eigenvalue weighted by atomic mass is 10.2. The summed E-state index contributed by atoms with van der Waals surface area (Å²) in [6, 6.07) is 13.1. The third-order valence-corrected chi connectivity index (χ3v) is 3.61. The summed E-state index contributed by atoms with van der Waals surface area (Å²) >= 11 is 0. The minimum absolute atomic E-state index is 0.0371.